The van der Waals surface area contributed by atoms with Crippen molar-refractivity contribution in [2.75, 3.05) is 5.32 Å². The summed E-state index contributed by atoms with van der Waals surface area (Å²) in [6.45, 7) is 0. The van der Waals surface area contributed by atoms with Crippen molar-refractivity contribution < 1.29 is 0 Å². The predicted molar refractivity (Wildman–Crippen MR) is 68.3 cm³/mol. The van der Waals surface area contributed by atoms with E-state index in [-0.39, 0.29) is 5.11 Å². The maximum Gasteiger partial charge on any atom is 0.168 e. The third kappa shape index (κ3) is 3.43. The van der Waals surface area contributed by atoms with Gasteiger partial charge in [-0.2, -0.15) is 5.26 Å². The summed E-state index contributed by atoms with van der Waals surface area (Å²) in [7, 11) is 0. The number of nitrogens with one attached hydrogen (secondary N) is 1. The normalized spacial score (nSPS) is 9.40. The summed E-state index contributed by atoms with van der Waals surface area (Å²) in [5.74, 6) is 0. The summed E-state index contributed by atoms with van der Waals surface area (Å²) in [4.78, 5) is 0.625. The topological polar surface area (TPSA) is 61.8 Å². The molecule has 1 aromatic rings. The number of anilines is 1. The van der Waals surface area contributed by atoms with Crippen molar-refractivity contribution in [1.29, 1.82) is 5.26 Å². The zero-order valence-corrected chi connectivity index (χ0v) is 10.4. The molecule has 0 aliphatic rings. The van der Waals surface area contributed by atoms with E-state index in [9.17, 15) is 0 Å². The van der Waals surface area contributed by atoms with Crippen molar-refractivity contribution in [2.24, 2.45) is 5.73 Å². The van der Waals surface area contributed by atoms with Crippen LogP contribution in [0.25, 0.3) is 0 Å². The predicted octanol–water partition coefficient (Wildman–Crippen LogP) is 3.22. The molecule has 0 aliphatic heterocycles. The average Bonchev–Trinajstić information content (AvgIpc) is 2.13. The lowest BCUT2D eigenvalue weighted by atomic mass is 10.3. The Morgan fingerprint density at radius 2 is 2.07 bits per heavy atom. The fraction of sp³-hybridized carbons (Fsp3) is 0. The number of rotatable bonds is 2. The molecule has 3 N–H and O–H groups in total. The van der Waals surface area contributed by atoms with E-state index in [1.165, 1.54) is 0 Å². The highest BCUT2D eigenvalue weighted by atomic mass is 35.5. The third-order valence-corrected chi connectivity index (χ3v) is 2.91. The van der Waals surface area contributed by atoms with Crippen LogP contribution < -0.4 is 11.1 Å². The Hall–Kier alpha value is -0.670. The molecule has 0 fully saturated rings. The van der Waals surface area contributed by atoms with Crippen LogP contribution in [0.2, 0.25) is 10.0 Å². The molecule has 0 aliphatic carbocycles. The van der Waals surface area contributed by atoms with Crippen LogP contribution in [0.5, 0.6) is 0 Å². The Bertz CT molecular complexity index is 442. The van der Waals surface area contributed by atoms with E-state index >= 15 is 0 Å². The van der Waals surface area contributed by atoms with Crippen molar-refractivity contribution in [3.8, 4) is 5.40 Å². The fourth-order valence-electron chi connectivity index (χ4n) is 0.893. The monoisotopic (exact) mass is 277 g/mol. The highest BCUT2D eigenvalue weighted by molar-refractivity contribution is 8.03. The van der Waals surface area contributed by atoms with Crippen LogP contribution in [-0.4, -0.2) is 5.11 Å². The number of thiocyanates is 1. The SMILES string of the molecule is N#CSc1cc(Cl)c(Cl)cc1NC(N)=S. The maximum atomic E-state index is 8.58. The van der Waals surface area contributed by atoms with Gasteiger partial charge < -0.3 is 11.1 Å². The van der Waals surface area contributed by atoms with Crippen molar-refractivity contribution >= 4 is 58.0 Å². The highest BCUT2D eigenvalue weighted by Gasteiger charge is 2.08. The molecule has 0 unspecified atom stereocenters. The van der Waals surface area contributed by atoms with Gasteiger partial charge in [0.1, 0.15) is 5.40 Å². The molecule has 0 aromatic heterocycles. The molecular weight excluding hydrogens is 273 g/mol. The number of hydrogen-bond donors (Lipinski definition) is 2. The number of benzene rings is 1. The van der Waals surface area contributed by atoms with Gasteiger partial charge in [-0.25, -0.2) is 0 Å². The molecule has 0 bridgehead atoms. The third-order valence-electron chi connectivity index (χ3n) is 1.44. The summed E-state index contributed by atoms with van der Waals surface area (Å²) in [6.07, 6.45) is 0. The van der Waals surface area contributed by atoms with Gasteiger partial charge in [-0.15, -0.1) is 0 Å². The number of thiocarbonyl (C=S) groups is 1. The Morgan fingerprint density at radius 3 is 2.60 bits per heavy atom. The number of nitrogens with zero attached hydrogens (tertiary/aromatic N) is 1. The molecule has 0 heterocycles. The fourth-order valence-corrected chi connectivity index (χ4v) is 1.89. The smallest absolute Gasteiger partial charge is 0.168 e. The Morgan fingerprint density at radius 1 is 1.47 bits per heavy atom. The van der Waals surface area contributed by atoms with E-state index < -0.39 is 0 Å². The maximum absolute atomic E-state index is 8.58. The molecule has 15 heavy (non-hydrogen) atoms. The van der Waals surface area contributed by atoms with E-state index in [2.05, 4.69) is 5.32 Å². The minimum absolute atomic E-state index is 0.105. The van der Waals surface area contributed by atoms with Gasteiger partial charge in [-0.05, 0) is 36.1 Å². The van der Waals surface area contributed by atoms with Gasteiger partial charge >= 0.3 is 0 Å². The number of thioether (sulfide) groups is 1. The molecule has 1 rings (SSSR count). The van der Waals surface area contributed by atoms with Crippen molar-refractivity contribution in [3.05, 3.63) is 22.2 Å². The van der Waals surface area contributed by atoms with Crippen LogP contribution in [0.15, 0.2) is 17.0 Å². The molecule has 0 atom stereocenters. The van der Waals surface area contributed by atoms with Gasteiger partial charge in [-0.1, -0.05) is 23.2 Å². The molecule has 0 radical (unpaired) electrons. The molecule has 0 amide bonds. The van der Waals surface area contributed by atoms with E-state index in [1.807, 2.05) is 5.40 Å². The zero-order chi connectivity index (χ0) is 11.4. The minimum atomic E-state index is 0.105. The molecule has 0 spiro atoms. The summed E-state index contributed by atoms with van der Waals surface area (Å²) in [6, 6.07) is 3.15. The number of nitrogens with two attached hydrogens (primary N) is 1. The van der Waals surface area contributed by atoms with Crippen LogP contribution in [0, 0.1) is 10.7 Å². The van der Waals surface area contributed by atoms with Crippen LogP contribution in [0.1, 0.15) is 0 Å². The van der Waals surface area contributed by atoms with Crippen molar-refractivity contribution in [1.82, 2.24) is 0 Å². The number of halogens is 2. The second-order valence-electron chi connectivity index (χ2n) is 2.45. The largest absolute Gasteiger partial charge is 0.376 e. The van der Waals surface area contributed by atoms with Crippen molar-refractivity contribution in [3.63, 3.8) is 0 Å². The van der Waals surface area contributed by atoms with E-state index in [1.54, 1.807) is 12.1 Å². The second-order valence-corrected chi connectivity index (χ2v) is 4.53. The Balaban J connectivity index is 3.16. The standard InChI is InChI=1S/C8H5Cl2N3S2/c9-4-1-6(13-8(12)14)7(15-3-11)2-5(4)10/h1-2H,(H3,12,13,14). The first-order valence-corrected chi connectivity index (χ1v) is 5.64. The number of hydrogen-bond acceptors (Lipinski definition) is 3. The summed E-state index contributed by atoms with van der Waals surface area (Å²) >= 11 is 17.3. The first-order chi connectivity index (χ1) is 7.04. The first kappa shape index (κ1) is 12.4. The Kier molecular flexibility index (Phi) is 4.48. The molecule has 1 aromatic carbocycles. The van der Waals surface area contributed by atoms with Gasteiger partial charge in [0.2, 0.25) is 0 Å². The van der Waals surface area contributed by atoms with Gasteiger partial charge in [0, 0.05) is 4.90 Å². The van der Waals surface area contributed by atoms with Crippen molar-refractivity contribution in [2.45, 2.75) is 4.90 Å². The van der Waals surface area contributed by atoms with E-state index in [4.69, 9.17) is 46.4 Å². The van der Waals surface area contributed by atoms with Gasteiger partial charge in [0.25, 0.3) is 0 Å². The second kappa shape index (κ2) is 5.42. The van der Waals surface area contributed by atoms with Gasteiger partial charge in [0.15, 0.2) is 5.11 Å². The molecular formula is C8H5Cl2N3S2. The highest BCUT2D eigenvalue weighted by Crippen LogP contribution is 2.34. The Labute approximate surface area is 107 Å². The summed E-state index contributed by atoms with van der Waals surface area (Å²) in [5, 5.41) is 14.1. The lowest BCUT2D eigenvalue weighted by molar-refractivity contribution is 1.44. The summed E-state index contributed by atoms with van der Waals surface area (Å²) < 4.78 is 0. The number of nitriles is 1. The molecule has 0 saturated carbocycles. The van der Waals surface area contributed by atoms with Gasteiger partial charge in [0.05, 0.1) is 15.7 Å². The molecule has 7 heteroatoms. The van der Waals surface area contributed by atoms with Crippen LogP contribution in [0.3, 0.4) is 0 Å². The van der Waals surface area contributed by atoms with Crippen LogP contribution >= 0.6 is 47.2 Å². The quantitative estimate of drug-likeness (QED) is 0.494. The zero-order valence-electron chi connectivity index (χ0n) is 7.25. The lowest BCUT2D eigenvalue weighted by Crippen LogP contribution is -2.19. The van der Waals surface area contributed by atoms with Gasteiger partial charge in [-0.3, -0.25) is 0 Å². The lowest BCUT2D eigenvalue weighted by Gasteiger charge is -2.09. The average molecular weight is 278 g/mol. The van der Waals surface area contributed by atoms with E-state index in [0.717, 1.165) is 11.8 Å². The van der Waals surface area contributed by atoms with Crippen LogP contribution in [-0.2, 0) is 0 Å². The minimum Gasteiger partial charge on any atom is -0.376 e. The molecule has 3 nitrogen and oxygen atoms in total. The van der Waals surface area contributed by atoms with Crippen LogP contribution in [0.4, 0.5) is 5.69 Å². The van der Waals surface area contributed by atoms with E-state index in [0.29, 0.717) is 20.6 Å². The molecule has 0 saturated heterocycles. The molecule has 78 valence electrons. The summed E-state index contributed by atoms with van der Waals surface area (Å²) in [5.41, 5.74) is 5.90. The first-order valence-electron chi connectivity index (χ1n) is 3.66.